The SMILES string of the molecule is NC[C@@H](N)c1cccc(C(=O)O)c1. The molecule has 0 fully saturated rings. The minimum absolute atomic E-state index is 0.237. The van der Waals surface area contributed by atoms with E-state index in [1.54, 1.807) is 18.2 Å². The second-order valence-electron chi connectivity index (χ2n) is 2.77. The molecule has 0 aliphatic carbocycles. The van der Waals surface area contributed by atoms with Crippen LogP contribution in [0.2, 0.25) is 0 Å². The van der Waals surface area contributed by atoms with E-state index in [0.717, 1.165) is 5.56 Å². The molecule has 0 aliphatic heterocycles. The van der Waals surface area contributed by atoms with Gasteiger partial charge in [0, 0.05) is 12.6 Å². The quantitative estimate of drug-likeness (QED) is 0.625. The van der Waals surface area contributed by atoms with E-state index < -0.39 is 5.97 Å². The van der Waals surface area contributed by atoms with E-state index in [-0.39, 0.29) is 11.6 Å². The van der Waals surface area contributed by atoms with Crippen molar-refractivity contribution in [3.05, 3.63) is 35.4 Å². The number of rotatable bonds is 3. The molecule has 0 aromatic heterocycles. The zero-order valence-corrected chi connectivity index (χ0v) is 7.10. The Kier molecular flexibility index (Phi) is 3.00. The van der Waals surface area contributed by atoms with Gasteiger partial charge in [-0.3, -0.25) is 0 Å². The second-order valence-corrected chi connectivity index (χ2v) is 2.77. The molecular weight excluding hydrogens is 168 g/mol. The lowest BCUT2D eigenvalue weighted by atomic mass is 10.0. The summed E-state index contributed by atoms with van der Waals surface area (Å²) in [5.41, 5.74) is 12.0. The van der Waals surface area contributed by atoms with E-state index in [2.05, 4.69) is 0 Å². The van der Waals surface area contributed by atoms with Crippen LogP contribution in [-0.4, -0.2) is 17.6 Å². The Balaban J connectivity index is 2.98. The molecule has 1 aromatic rings. The predicted octanol–water partition coefficient (Wildman–Crippen LogP) is 0.343. The molecule has 1 atom stereocenters. The number of carboxylic acid groups (broad SMARTS) is 1. The molecule has 0 saturated carbocycles. The highest BCUT2D eigenvalue weighted by molar-refractivity contribution is 5.87. The first-order valence-electron chi connectivity index (χ1n) is 3.94. The van der Waals surface area contributed by atoms with Crippen LogP contribution in [-0.2, 0) is 0 Å². The lowest BCUT2D eigenvalue weighted by molar-refractivity contribution is 0.0697. The van der Waals surface area contributed by atoms with Gasteiger partial charge in [0.05, 0.1) is 5.56 Å². The van der Waals surface area contributed by atoms with Gasteiger partial charge in [-0.05, 0) is 17.7 Å². The highest BCUT2D eigenvalue weighted by Gasteiger charge is 2.07. The largest absolute Gasteiger partial charge is 0.478 e. The topological polar surface area (TPSA) is 89.3 Å². The maximum absolute atomic E-state index is 10.6. The van der Waals surface area contributed by atoms with Crippen molar-refractivity contribution in [3.8, 4) is 0 Å². The standard InChI is InChI=1S/C9H12N2O2/c10-5-8(11)6-2-1-3-7(4-6)9(12)13/h1-4,8H,5,10-11H2,(H,12,13)/t8-/m1/s1. The molecule has 5 N–H and O–H groups in total. The third-order valence-corrected chi connectivity index (χ3v) is 1.82. The monoisotopic (exact) mass is 180 g/mol. The van der Waals surface area contributed by atoms with Crippen LogP contribution in [0.25, 0.3) is 0 Å². The van der Waals surface area contributed by atoms with Crippen LogP contribution < -0.4 is 11.5 Å². The Bertz CT molecular complexity index is 312. The van der Waals surface area contributed by atoms with Gasteiger partial charge in [-0.25, -0.2) is 4.79 Å². The summed E-state index contributed by atoms with van der Waals surface area (Å²) >= 11 is 0. The van der Waals surface area contributed by atoms with Crippen molar-refractivity contribution in [3.63, 3.8) is 0 Å². The fourth-order valence-electron chi connectivity index (χ4n) is 1.04. The van der Waals surface area contributed by atoms with Crippen molar-refractivity contribution in [2.24, 2.45) is 11.5 Å². The smallest absolute Gasteiger partial charge is 0.335 e. The number of aromatic carboxylic acids is 1. The summed E-state index contributed by atoms with van der Waals surface area (Å²) in [7, 11) is 0. The molecule has 1 aromatic carbocycles. The number of carboxylic acids is 1. The lowest BCUT2D eigenvalue weighted by Crippen LogP contribution is -2.20. The summed E-state index contributed by atoms with van der Waals surface area (Å²) in [5, 5.41) is 8.69. The number of benzene rings is 1. The molecule has 0 unspecified atom stereocenters. The molecule has 0 radical (unpaired) electrons. The highest BCUT2D eigenvalue weighted by atomic mass is 16.4. The normalized spacial score (nSPS) is 12.5. The van der Waals surface area contributed by atoms with Gasteiger partial charge in [0.1, 0.15) is 0 Å². The summed E-state index contributed by atoms with van der Waals surface area (Å²) in [6.45, 7) is 0.309. The molecule has 4 nitrogen and oxygen atoms in total. The minimum Gasteiger partial charge on any atom is -0.478 e. The summed E-state index contributed by atoms with van der Waals surface area (Å²) in [6.07, 6.45) is 0. The van der Waals surface area contributed by atoms with Crippen molar-refractivity contribution in [2.75, 3.05) is 6.54 Å². The van der Waals surface area contributed by atoms with E-state index in [9.17, 15) is 4.79 Å². The molecule has 0 aliphatic rings. The van der Waals surface area contributed by atoms with Gasteiger partial charge in [-0.2, -0.15) is 0 Å². The van der Waals surface area contributed by atoms with Crippen molar-refractivity contribution >= 4 is 5.97 Å². The third kappa shape index (κ3) is 2.27. The Labute approximate surface area is 76.2 Å². The summed E-state index contributed by atoms with van der Waals surface area (Å²) < 4.78 is 0. The second kappa shape index (κ2) is 4.02. The minimum atomic E-state index is -0.953. The van der Waals surface area contributed by atoms with Crippen LogP contribution in [0.5, 0.6) is 0 Å². The Morgan fingerprint density at radius 1 is 1.54 bits per heavy atom. The van der Waals surface area contributed by atoms with E-state index in [0.29, 0.717) is 6.54 Å². The lowest BCUT2D eigenvalue weighted by Gasteiger charge is -2.08. The molecule has 13 heavy (non-hydrogen) atoms. The zero-order chi connectivity index (χ0) is 9.84. The molecular formula is C9H12N2O2. The Morgan fingerprint density at radius 3 is 2.77 bits per heavy atom. The van der Waals surface area contributed by atoms with Gasteiger partial charge in [-0.1, -0.05) is 12.1 Å². The average molecular weight is 180 g/mol. The van der Waals surface area contributed by atoms with Crippen LogP contribution in [0.1, 0.15) is 22.0 Å². The Hall–Kier alpha value is -1.39. The number of nitrogens with two attached hydrogens (primary N) is 2. The first-order valence-corrected chi connectivity index (χ1v) is 3.94. The molecule has 4 heteroatoms. The van der Waals surface area contributed by atoms with E-state index in [4.69, 9.17) is 16.6 Å². The number of carbonyl (C=O) groups is 1. The number of hydrogen-bond donors (Lipinski definition) is 3. The van der Waals surface area contributed by atoms with Crippen LogP contribution >= 0.6 is 0 Å². The molecule has 0 spiro atoms. The van der Waals surface area contributed by atoms with Gasteiger partial charge >= 0.3 is 5.97 Å². The maximum Gasteiger partial charge on any atom is 0.335 e. The van der Waals surface area contributed by atoms with Crippen molar-refractivity contribution < 1.29 is 9.90 Å². The van der Waals surface area contributed by atoms with Crippen molar-refractivity contribution in [1.82, 2.24) is 0 Å². The van der Waals surface area contributed by atoms with E-state index >= 15 is 0 Å². The summed E-state index contributed by atoms with van der Waals surface area (Å²) in [4.78, 5) is 10.6. The van der Waals surface area contributed by atoms with E-state index in [1.165, 1.54) is 6.07 Å². The first-order chi connectivity index (χ1) is 6.15. The first kappa shape index (κ1) is 9.70. The Morgan fingerprint density at radius 2 is 2.23 bits per heavy atom. The van der Waals surface area contributed by atoms with Gasteiger partial charge in [0.25, 0.3) is 0 Å². The maximum atomic E-state index is 10.6. The van der Waals surface area contributed by atoms with E-state index in [1.807, 2.05) is 0 Å². The molecule has 0 amide bonds. The summed E-state index contributed by atoms with van der Waals surface area (Å²) in [6, 6.07) is 6.20. The fourth-order valence-corrected chi connectivity index (χ4v) is 1.04. The number of hydrogen-bond acceptors (Lipinski definition) is 3. The highest BCUT2D eigenvalue weighted by Crippen LogP contribution is 2.11. The predicted molar refractivity (Wildman–Crippen MR) is 49.4 cm³/mol. The summed E-state index contributed by atoms with van der Waals surface area (Å²) in [5.74, 6) is -0.953. The molecule has 0 heterocycles. The van der Waals surface area contributed by atoms with Crippen molar-refractivity contribution in [1.29, 1.82) is 0 Å². The zero-order valence-electron chi connectivity index (χ0n) is 7.10. The van der Waals surface area contributed by atoms with Gasteiger partial charge in [-0.15, -0.1) is 0 Å². The van der Waals surface area contributed by atoms with Crippen LogP contribution in [0, 0.1) is 0 Å². The van der Waals surface area contributed by atoms with Gasteiger partial charge in [0.15, 0.2) is 0 Å². The van der Waals surface area contributed by atoms with Gasteiger partial charge in [0.2, 0.25) is 0 Å². The van der Waals surface area contributed by atoms with Crippen molar-refractivity contribution in [2.45, 2.75) is 6.04 Å². The van der Waals surface area contributed by atoms with Crippen LogP contribution in [0.3, 0.4) is 0 Å². The average Bonchev–Trinajstić information content (AvgIpc) is 2.17. The van der Waals surface area contributed by atoms with Gasteiger partial charge < -0.3 is 16.6 Å². The molecule has 0 bridgehead atoms. The van der Waals surface area contributed by atoms with Crippen LogP contribution in [0.15, 0.2) is 24.3 Å². The van der Waals surface area contributed by atoms with Crippen LogP contribution in [0.4, 0.5) is 0 Å². The third-order valence-electron chi connectivity index (χ3n) is 1.82. The fraction of sp³-hybridized carbons (Fsp3) is 0.222. The molecule has 1 rings (SSSR count). The molecule has 70 valence electrons. The molecule has 0 saturated heterocycles.